The molecule has 0 unspecified atom stereocenters. The van der Waals surface area contributed by atoms with Gasteiger partial charge in [-0.3, -0.25) is 14.4 Å². The molecule has 0 bridgehead atoms. The van der Waals surface area contributed by atoms with Gasteiger partial charge >= 0.3 is 5.97 Å². The molecule has 9 heteroatoms. The van der Waals surface area contributed by atoms with Crippen LogP contribution in [0.5, 0.6) is 17.2 Å². The molecular weight excluding hydrogens is 392 g/mol. The Morgan fingerprint density at radius 2 is 1.60 bits per heavy atom. The summed E-state index contributed by atoms with van der Waals surface area (Å²) in [6, 6.07) is 11.2. The first kappa shape index (κ1) is 22.3. The van der Waals surface area contributed by atoms with E-state index in [0.717, 1.165) is 0 Å². The zero-order chi connectivity index (χ0) is 22.1. The molecule has 0 radical (unpaired) electrons. The van der Waals surface area contributed by atoms with E-state index in [0.29, 0.717) is 28.4 Å². The molecule has 0 spiro atoms. The SMILES string of the molecule is COc1ccc(C(=O)NC(=Cc2ccc(OC)c(OC)c2)C(=O)NCC(=O)O)cc1. The second-order valence-electron chi connectivity index (χ2n) is 5.93. The number of aliphatic carboxylic acids is 1. The van der Waals surface area contributed by atoms with Gasteiger partial charge in [0, 0.05) is 5.56 Å². The first-order valence-corrected chi connectivity index (χ1v) is 8.77. The summed E-state index contributed by atoms with van der Waals surface area (Å²) in [5, 5.41) is 13.5. The Morgan fingerprint density at radius 1 is 0.933 bits per heavy atom. The summed E-state index contributed by atoms with van der Waals surface area (Å²) in [6.07, 6.45) is 1.40. The Morgan fingerprint density at radius 3 is 2.17 bits per heavy atom. The maximum atomic E-state index is 12.6. The minimum Gasteiger partial charge on any atom is -0.497 e. The minimum atomic E-state index is -1.21. The number of benzene rings is 2. The number of methoxy groups -OCH3 is 3. The number of carbonyl (C=O) groups is 3. The van der Waals surface area contributed by atoms with Crippen molar-refractivity contribution in [2.75, 3.05) is 27.9 Å². The van der Waals surface area contributed by atoms with E-state index in [2.05, 4.69) is 10.6 Å². The lowest BCUT2D eigenvalue weighted by molar-refractivity contribution is -0.137. The van der Waals surface area contributed by atoms with Gasteiger partial charge in [-0.25, -0.2) is 0 Å². The molecule has 0 aromatic heterocycles. The molecule has 0 heterocycles. The van der Waals surface area contributed by atoms with E-state index in [9.17, 15) is 14.4 Å². The van der Waals surface area contributed by atoms with Crippen LogP contribution in [0.1, 0.15) is 15.9 Å². The van der Waals surface area contributed by atoms with Gasteiger partial charge in [0.1, 0.15) is 18.0 Å². The lowest BCUT2D eigenvalue weighted by atomic mass is 10.1. The van der Waals surface area contributed by atoms with Gasteiger partial charge in [-0.2, -0.15) is 0 Å². The molecule has 0 aliphatic carbocycles. The van der Waals surface area contributed by atoms with Crippen molar-refractivity contribution in [3.8, 4) is 17.2 Å². The van der Waals surface area contributed by atoms with Crippen LogP contribution >= 0.6 is 0 Å². The molecule has 0 aliphatic heterocycles. The molecule has 0 atom stereocenters. The summed E-state index contributed by atoms with van der Waals surface area (Å²) < 4.78 is 15.5. The van der Waals surface area contributed by atoms with Crippen molar-refractivity contribution in [2.45, 2.75) is 0 Å². The van der Waals surface area contributed by atoms with Crippen molar-refractivity contribution >= 4 is 23.9 Å². The predicted octanol–water partition coefficient (Wildman–Crippen LogP) is 1.68. The number of carboxylic acids is 1. The lowest BCUT2D eigenvalue weighted by Gasteiger charge is -2.12. The Bertz CT molecular complexity index is 952. The van der Waals surface area contributed by atoms with Gasteiger partial charge in [0.2, 0.25) is 0 Å². The van der Waals surface area contributed by atoms with E-state index in [1.165, 1.54) is 39.5 Å². The van der Waals surface area contributed by atoms with Crippen LogP contribution in [-0.4, -0.2) is 50.8 Å². The Hall–Kier alpha value is -4.01. The smallest absolute Gasteiger partial charge is 0.322 e. The van der Waals surface area contributed by atoms with Crippen LogP contribution in [0.4, 0.5) is 0 Å². The highest BCUT2D eigenvalue weighted by atomic mass is 16.5. The van der Waals surface area contributed by atoms with Gasteiger partial charge in [-0.1, -0.05) is 6.07 Å². The van der Waals surface area contributed by atoms with Crippen LogP contribution in [0.15, 0.2) is 48.2 Å². The average Bonchev–Trinajstić information content (AvgIpc) is 2.76. The number of hydrogen-bond acceptors (Lipinski definition) is 6. The van der Waals surface area contributed by atoms with Crippen molar-refractivity contribution in [3.05, 3.63) is 59.3 Å². The number of carbonyl (C=O) groups excluding carboxylic acids is 2. The molecule has 2 amide bonds. The van der Waals surface area contributed by atoms with Crippen LogP contribution in [0.3, 0.4) is 0 Å². The molecule has 30 heavy (non-hydrogen) atoms. The summed E-state index contributed by atoms with van der Waals surface area (Å²) in [7, 11) is 4.47. The van der Waals surface area contributed by atoms with E-state index < -0.39 is 24.3 Å². The number of hydrogen-bond donors (Lipinski definition) is 3. The van der Waals surface area contributed by atoms with Crippen molar-refractivity contribution < 1.29 is 33.7 Å². The highest BCUT2D eigenvalue weighted by molar-refractivity contribution is 6.05. The summed E-state index contributed by atoms with van der Waals surface area (Å²) >= 11 is 0. The van der Waals surface area contributed by atoms with E-state index in [-0.39, 0.29) is 5.70 Å². The summed E-state index contributed by atoms with van der Waals surface area (Å²) in [6.45, 7) is -0.597. The average molecular weight is 414 g/mol. The van der Waals surface area contributed by atoms with Gasteiger partial charge in [-0.15, -0.1) is 0 Å². The van der Waals surface area contributed by atoms with Gasteiger partial charge in [0.05, 0.1) is 21.3 Å². The Labute approximate surface area is 173 Å². The number of ether oxygens (including phenoxy) is 3. The second-order valence-corrected chi connectivity index (χ2v) is 5.93. The van der Waals surface area contributed by atoms with Crippen LogP contribution in [0, 0.1) is 0 Å². The zero-order valence-corrected chi connectivity index (χ0v) is 16.7. The number of amides is 2. The normalized spacial score (nSPS) is 10.7. The number of rotatable bonds is 9. The van der Waals surface area contributed by atoms with Gasteiger partial charge in [0.15, 0.2) is 11.5 Å². The van der Waals surface area contributed by atoms with Crippen molar-refractivity contribution in [1.82, 2.24) is 10.6 Å². The minimum absolute atomic E-state index is 0.135. The highest BCUT2D eigenvalue weighted by Gasteiger charge is 2.16. The van der Waals surface area contributed by atoms with Crippen LogP contribution < -0.4 is 24.8 Å². The Kier molecular flexibility index (Phi) is 7.81. The molecule has 3 N–H and O–H groups in total. The summed E-state index contributed by atoms with van der Waals surface area (Å²) in [5.41, 5.74) is 0.687. The van der Waals surface area contributed by atoms with Gasteiger partial charge < -0.3 is 30.0 Å². The quantitative estimate of drug-likeness (QED) is 0.534. The molecule has 2 rings (SSSR count). The lowest BCUT2D eigenvalue weighted by Crippen LogP contribution is -2.37. The fraction of sp³-hybridized carbons (Fsp3) is 0.190. The van der Waals surface area contributed by atoms with E-state index >= 15 is 0 Å². The number of carboxylic acid groups (broad SMARTS) is 1. The van der Waals surface area contributed by atoms with E-state index in [1.54, 1.807) is 30.3 Å². The summed E-state index contributed by atoms with van der Waals surface area (Å²) in [4.78, 5) is 35.8. The second kappa shape index (κ2) is 10.5. The standard InChI is InChI=1S/C21H22N2O7/c1-28-15-7-5-14(6-8-15)20(26)23-16(21(27)22-12-19(24)25)10-13-4-9-17(29-2)18(11-13)30-3/h4-11H,12H2,1-3H3,(H,22,27)(H,23,26)(H,24,25). The van der Waals surface area contributed by atoms with Gasteiger partial charge in [-0.05, 0) is 48.0 Å². The predicted molar refractivity (Wildman–Crippen MR) is 109 cm³/mol. The zero-order valence-electron chi connectivity index (χ0n) is 16.7. The van der Waals surface area contributed by atoms with Crippen molar-refractivity contribution in [3.63, 3.8) is 0 Å². The molecule has 2 aromatic carbocycles. The molecule has 0 saturated carbocycles. The molecular formula is C21H22N2O7. The molecule has 0 aliphatic rings. The van der Waals surface area contributed by atoms with Crippen LogP contribution in [0.2, 0.25) is 0 Å². The van der Waals surface area contributed by atoms with Crippen LogP contribution in [0.25, 0.3) is 6.08 Å². The first-order valence-electron chi connectivity index (χ1n) is 8.77. The maximum Gasteiger partial charge on any atom is 0.322 e. The fourth-order valence-corrected chi connectivity index (χ4v) is 2.46. The molecule has 0 saturated heterocycles. The van der Waals surface area contributed by atoms with Crippen molar-refractivity contribution in [1.29, 1.82) is 0 Å². The monoisotopic (exact) mass is 414 g/mol. The third kappa shape index (κ3) is 5.99. The molecule has 0 fully saturated rings. The topological polar surface area (TPSA) is 123 Å². The summed E-state index contributed by atoms with van der Waals surface area (Å²) in [5.74, 6) is -1.02. The van der Waals surface area contributed by atoms with E-state index in [4.69, 9.17) is 19.3 Å². The Balaban J connectivity index is 2.33. The van der Waals surface area contributed by atoms with Crippen LogP contribution in [-0.2, 0) is 9.59 Å². The molecule has 9 nitrogen and oxygen atoms in total. The third-order valence-electron chi connectivity index (χ3n) is 3.96. The molecule has 158 valence electrons. The fourth-order valence-electron chi connectivity index (χ4n) is 2.46. The van der Waals surface area contributed by atoms with E-state index in [1.807, 2.05) is 0 Å². The highest BCUT2D eigenvalue weighted by Crippen LogP contribution is 2.28. The van der Waals surface area contributed by atoms with Crippen molar-refractivity contribution in [2.24, 2.45) is 0 Å². The molecule has 2 aromatic rings. The first-order chi connectivity index (χ1) is 14.4. The number of nitrogens with one attached hydrogen (secondary N) is 2. The maximum absolute atomic E-state index is 12.6. The third-order valence-corrected chi connectivity index (χ3v) is 3.96. The largest absolute Gasteiger partial charge is 0.497 e. The van der Waals surface area contributed by atoms with Gasteiger partial charge in [0.25, 0.3) is 11.8 Å².